The van der Waals surface area contributed by atoms with Crippen LogP contribution >= 0.6 is 0 Å². The van der Waals surface area contributed by atoms with Gasteiger partial charge in [0.15, 0.2) is 0 Å². The Morgan fingerprint density at radius 3 is 2.38 bits per heavy atom. The Hall–Kier alpha value is -1.64. The summed E-state index contributed by atoms with van der Waals surface area (Å²) >= 11 is 0. The molecule has 112 valence electrons. The average molecular weight is 283 g/mol. The van der Waals surface area contributed by atoms with Gasteiger partial charge in [-0.15, -0.1) is 0 Å². The predicted molar refractivity (Wildman–Crippen MR) is 88.8 cm³/mol. The van der Waals surface area contributed by atoms with Crippen LogP contribution in [-0.2, 0) is 11.2 Å². The van der Waals surface area contributed by atoms with Crippen molar-refractivity contribution < 1.29 is 4.74 Å². The van der Waals surface area contributed by atoms with Crippen molar-refractivity contribution in [2.45, 2.75) is 26.3 Å². The molecule has 21 heavy (non-hydrogen) atoms. The molecule has 1 atom stereocenters. The maximum Gasteiger partial charge on any atom is 0.0576 e. The van der Waals surface area contributed by atoms with Crippen LogP contribution in [0, 0.1) is 13.8 Å². The molecule has 0 heterocycles. The fourth-order valence-corrected chi connectivity index (χ4v) is 2.68. The van der Waals surface area contributed by atoms with E-state index >= 15 is 0 Å². The highest BCUT2D eigenvalue weighted by Crippen LogP contribution is 2.26. The van der Waals surface area contributed by atoms with E-state index in [-0.39, 0.29) is 6.04 Å². The molecule has 0 radical (unpaired) electrons. The Balaban J connectivity index is 2.27. The molecule has 0 amide bonds. The largest absolute Gasteiger partial charge is 0.384 e. The van der Waals surface area contributed by atoms with Gasteiger partial charge in [0.25, 0.3) is 0 Å². The molecule has 2 nitrogen and oxygen atoms in total. The van der Waals surface area contributed by atoms with E-state index in [2.05, 4.69) is 61.6 Å². The monoisotopic (exact) mass is 283 g/mol. The van der Waals surface area contributed by atoms with Gasteiger partial charge in [-0.3, -0.25) is 0 Å². The first-order chi connectivity index (χ1) is 10.2. The lowest BCUT2D eigenvalue weighted by Gasteiger charge is -2.21. The van der Waals surface area contributed by atoms with E-state index in [0.29, 0.717) is 0 Å². The van der Waals surface area contributed by atoms with Gasteiger partial charge in [0.1, 0.15) is 0 Å². The van der Waals surface area contributed by atoms with Crippen molar-refractivity contribution >= 4 is 0 Å². The van der Waals surface area contributed by atoms with E-state index in [1.165, 1.54) is 27.8 Å². The number of methoxy groups -OCH3 is 1. The molecule has 0 aliphatic carbocycles. The minimum absolute atomic E-state index is 0.237. The highest BCUT2D eigenvalue weighted by Gasteiger charge is 2.14. The smallest absolute Gasteiger partial charge is 0.0576 e. The first-order valence-corrected chi connectivity index (χ1v) is 7.48. The first-order valence-electron chi connectivity index (χ1n) is 7.48. The van der Waals surface area contributed by atoms with E-state index in [0.717, 1.165) is 13.0 Å². The summed E-state index contributed by atoms with van der Waals surface area (Å²) in [5.74, 6) is 0. The lowest BCUT2D eigenvalue weighted by atomic mass is 9.92. The number of rotatable bonds is 6. The molecule has 0 aliphatic heterocycles. The van der Waals surface area contributed by atoms with Gasteiger partial charge in [0, 0.05) is 7.11 Å². The Labute approximate surface area is 128 Å². The fraction of sp³-hybridized carbons (Fsp3) is 0.368. The van der Waals surface area contributed by atoms with Crippen LogP contribution < -0.4 is 5.32 Å². The van der Waals surface area contributed by atoms with E-state index in [9.17, 15) is 0 Å². The molecule has 0 fully saturated rings. The highest BCUT2D eigenvalue weighted by atomic mass is 16.5. The lowest BCUT2D eigenvalue weighted by Crippen LogP contribution is -2.19. The molecule has 0 saturated heterocycles. The SMILES string of the molecule is CNC(c1ccc(CCOC)cc1)c1cccc(C)c1C. The molecule has 2 aromatic carbocycles. The molecule has 2 rings (SSSR count). The predicted octanol–water partition coefficient (Wildman–Crippen LogP) is 3.80. The highest BCUT2D eigenvalue weighted by molar-refractivity contribution is 5.41. The summed E-state index contributed by atoms with van der Waals surface area (Å²) < 4.78 is 5.13. The average Bonchev–Trinajstić information content (AvgIpc) is 2.51. The van der Waals surface area contributed by atoms with Crippen molar-refractivity contribution in [2.24, 2.45) is 0 Å². The number of nitrogens with one attached hydrogen (secondary N) is 1. The second-order valence-corrected chi connectivity index (χ2v) is 5.50. The van der Waals surface area contributed by atoms with Crippen LogP contribution in [0.3, 0.4) is 0 Å². The molecule has 0 spiro atoms. The molecule has 0 saturated carbocycles. The summed E-state index contributed by atoms with van der Waals surface area (Å²) in [5.41, 5.74) is 6.66. The van der Waals surface area contributed by atoms with Crippen LogP contribution in [0.4, 0.5) is 0 Å². The van der Waals surface area contributed by atoms with Crippen molar-refractivity contribution in [3.8, 4) is 0 Å². The number of hydrogen-bond acceptors (Lipinski definition) is 2. The summed E-state index contributed by atoms with van der Waals surface area (Å²) in [6.07, 6.45) is 0.963. The van der Waals surface area contributed by atoms with Gasteiger partial charge in [0.2, 0.25) is 0 Å². The van der Waals surface area contributed by atoms with Gasteiger partial charge in [-0.1, -0.05) is 42.5 Å². The van der Waals surface area contributed by atoms with Crippen molar-refractivity contribution in [1.82, 2.24) is 5.32 Å². The van der Waals surface area contributed by atoms with Gasteiger partial charge in [0.05, 0.1) is 12.6 Å². The number of benzene rings is 2. The van der Waals surface area contributed by atoms with Crippen LogP contribution in [-0.4, -0.2) is 20.8 Å². The van der Waals surface area contributed by atoms with E-state index < -0.39 is 0 Å². The Morgan fingerprint density at radius 2 is 1.76 bits per heavy atom. The quantitative estimate of drug-likeness (QED) is 0.870. The normalized spacial score (nSPS) is 12.4. The third kappa shape index (κ3) is 3.72. The molecule has 1 N–H and O–H groups in total. The van der Waals surface area contributed by atoms with Gasteiger partial charge >= 0.3 is 0 Å². The van der Waals surface area contributed by atoms with Gasteiger partial charge < -0.3 is 10.1 Å². The zero-order valence-corrected chi connectivity index (χ0v) is 13.4. The third-order valence-corrected chi connectivity index (χ3v) is 4.15. The second-order valence-electron chi connectivity index (χ2n) is 5.50. The van der Waals surface area contributed by atoms with Crippen LogP contribution in [0.15, 0.2) is 42.5 Å². The molecule has 0 aliphatic rings. The maximum atomic E-state index is 5.13. The summed E-state index contributed by atoms with van der Waals surface area (Å²) in [6, 6.07) is 15.6. The van der Waals surface area contributed by atoms with Crippen molar-refractivity contribution in [3.05, 3.63) is 70.3 Å². The van der Waals surface area contributed by atoms with Crippen molar-refractivity contribution in [1.29, 1.82) is 0 Å². The fourth-order valence-electron chi connectivity index (χ4n) is 2.68. The molecular weight excluding hydrogens is 258 g/mol. The summed E-state index contributed by atoms with van der Waals surface area (Å²) in [4.78, 5) is 0. The van der Waals surface area contributed by atoms with Crippen LogP contribution in [0.1, 0.15) is 33.9 Å². The Bertz CT molecular complexity index is 575. The number of hydrogen-bond donors (Lipinski definition) is 1. The topological polar surface area (TPSA) is 21.3 Å². The lowest BCUT2D eigenvalue weighted by molar-refractivity contribution is 0.202. The van der Waals surface area contributed by atoms with Crippen LogP contribution in [0.5, 0.6) is 0 Å². The molecule has 2 aromatic rings. The minimum atomic E-state index is 0.237. The maximum absolute atomic E-state index is 5.13. The summed E-state index contributed by atoms with van der Waals surface area (Å²) in [7, 11) is 3.76. The molecular formula is C19H25NO. The van der Waals surface area contributed by atoms with Gasteiger partial charge in [-0.25, -0.2) is 0 Å². The first kappa shape index (κ1) is 15.7. The van der Waals surface area contributed by atoms with E-state index in [1.54, 1.807) is 7.11 Å². The Morgan fingerprint density at radius 1 is 1.05 bits per heavy atom. The van der Waals surface area contributed by atoms with Gasteiger partial charge in [-0.05, 0) is 55.1 Å². The van der Waals surface area contributed by atoms with Crippen LogP contribution in [0.2, 0.25) is 0 Å². The van der Waals surface area contributed by atoms with Gasteiger partial charge in [-0.2, -0.15) is 0 Å². The zero-order valence-electron chi connectivity index (χ0n) is 13.4. The minimum Gasteiger partial charge on any atom is -0.384 e. The molecule has 0 bridgehead atoms. The molecule has 2 heteroatoms. The van der Waals surface area contributed by atoms with Crippen molar-refractivity contribution in [3.63, 3.8) is 0 Å². The number of aryl methyl sites for hydroxylation is 1. The summed E-state index contributed by atoms with van der Waals surface area (Å²) in [6.45, 7) is 5.13. The number of ether oxygens (including phenoxy) is 1. The zero-order chi connectivity index (χ0) is 15.2. The third-order valence-electron chi connectivity index (χ3n) is 4.15. The second kappa shape index (κ2) is 7.39. The summed E-state index contributed by atoms with van der Waals surface area (Å²) in [5, 5.41) is 3.44. The van der Waals surface area contributed by atoms with E-state index in [1.807, 2.05) is 7.05 Å². The van der Waals surface area contributed by atoms with E-state index in [4.69, 9.17) is 4.74 Å². The molecule has 1 unspecified atom stereocenters. The molecule has 0 aromatic heterocycles. The Kier molecular flexibility index (Phi) is 5.54. The van der Waals surface area contributed by atoms with Crippen molar-refractivity contribution in [2.75, 3.05) is 20.8 Å². The van der Waals surface area contributed by atoms with Crippen LogP contribution in [0.25, 0.3) is 0 Å². The standard InChI is InChI=1S/C19H25NO/c1-14-6-5-7-18(15(14)2)19(20-3)17-10-8-16(9-11-17)12-13-21-4/h5-11,19-20H,12-13H2,1-4H3.